The lowest BCUT2D eigenvalue weighted by molar-refractivity contribution is 0.197. The Balaban J connectivity index is 1.54. The van der Waals surface area contributed by atoms with Crippen LogP contribution in [-0.4, -0.2) is 69.3 Å². The average molecular weight is 699 g/mol. The molecule has 5 aromatic rings. The first-order valence-corrected chi connectivity index (χ1v) is 15.6. The maximum Gasteiger partial charge on any atom is 0.316 e. The van der Waals surface area contributed by atoms with Gasteiger partial charge in [-0.25, -0.2) is 23.4 Å². The summed E-state index contributed by atoms with van der Waals surface area (Å²) in [6.07, 6.45) is 3.08. The molecule has 3 aromatic heterocycles. The summed E-state index contributed by atoms with van der Waals surface area (Å²) < 4.78 is 53.6. The van der Waals surface area contributed by atoms with Gasteiger partial charge in [-0.1, -0.05) is 45.0 Å². The molecular weight excluding hydrogens is 670 g/mol. The van der Waals surface area contributed by atoms with E-state index in [1.807, 2.05) is 20.8 Å². The van der Waals surface area contributed by atoms with E-state index in [0.717, 1.165) is 5.56 Å². The van der Waals surface area contributed by atoms with E-state index in [4.69, 9.17) is 18.9 Å². The molecule has 0 saturated heterocycles. The Morgan fingerprint density at radius 2 is 1.60 bits per heavy atom. The third-order valence-electron chi connectivity index (χ3n) is 6.07. The summed E-state index contributed by atoms with van der Waals surface area (Å²) in [6.45, 7) is 6.06. The van der Waals surface area contributed by atoms with E-state index in [2.05, 4.69) is 61.2 Å². The second kappa shape index (κ2) is 13.4. The van der Waals surface area contributed by atoms with Crippen molar-refractivity contribution >= 4 is 31.8 Å². The molecule has 2 N–H and O–H groups in total. The predicted octanol–water partition coefficient (Wildman–Crippen LogP) is 4.57. The molecule has 0 aliphatic heterocycles. The maximum absolute atomic E-state index is 13.7. The summed E-state index contributed by atoms with van der Waals surface area (Å²) in [7, 11) is -2.72. The van der Waals surface area contributed by atoms with Crippen LogP contribution in [0, 0.1) is 0 Å². The van der Waals surface area contributed by atoms with Crippen LogP contribution in [0.3, 0.4) is 0 Å². The Hall–Kier alpha value is -4.90. The smallest absolute Gasteiger partial charge is 0.316 e. The Labute approximate surface area is 266 Å². The quantitative estimate of drug-likeness (QED) is 0.173. The van der Waals surface area contributed by atoms with Crippen molar-refractivity contribution < 1.29 is 27.4 Å². The number of aromatic nitrogens is 8. The molecule has 0 atom stereocenters. The molecule has 234 valence electrons. The van der Waals surface area contributed by atoms with Gasteiger partial charge < -0.3 is 18.9 Å². The van der Waals surface area contributed by atoms with Crippen LogP contribution in [0.15, 0.2) is 70.3 Å². The van der Waals surface area contributed by atoms with Crippen LogP contribution >= 0.6 is 15.9 Å². The number of anilines is 1. The highest BCUT2D eigenvalue weighted by Crippen LogP contribution is 2.41. The van der Waals surface area contributed by atoms with Gasteiger partial charge in [0.2, 0.25) is 17.4 Å². The van der Waals surface area contributed by atoms with E-state index in [1.54, 1.807) is 48.8 Å². The van der Waals surface area contributed by atoms with E-state index in [1.165, 1.54) is 19.2 Å². The number of sulfonamides is 1. The van der Waals surface area contributed by atoms with Crippen LogP contribution in [0.2, 0.25) is 0 Å². The molecule has 15 nitrogen and oxygen atoms in total. The molecule has 2 aromatic carbocycles. The molecule has 5 rings (SSSR count). The van der Waals surface area contributed by atoms with Crippen molar-refractivity contribution in [3.63, 3.8) is 0 Å². The highest BCUT2D eigenvalue weighted by Gasteiger charge is 2.27. The number of tetrazole rings is 1. The number of methoxy groups -OCH3 is 1. The molecule has 0 fully saturated rings. The van der Waals surface area contributed by atoms with Crippen LogP contribution in [0.1, 0.15) is 26.3 Å². The molecular formula is C28H28BrN9O6S. The van der Waals surface area contributed by atoms with Gasteiger partial charge in [0, 0.05) is 12.4 Å². The Morgan fingerprint density at radius 3 is 2.24 bits per heavy atom. The van der Waals surface area contributed by atoms with Gasteiger partial charge in [-0.15, -0.1) is 10.2 Å². The third-order valence-corrected chi connectivity index (χ3v) is 7.84. The molecule has 17 heteroatoms. The van der Waals surface area contributed by atoms with Gasteiger partial charge in [0.25, 0.3) is 15.9 Å². The van der Waals surface area contributed by atoms with Crippen LogP contribution < -0.4 is 23.7 Å². The summed E-state index contributed by atoms with van der Waals surface area (Å²) in [5, 5.41) is 13.7. The molecule has 0 saturated carbocycles. The van der Waals surface area contributed by atoms with Crippen molar-refractivity contribution in [2.45, 2.75) is 31.1 Å². The molecule has 0 unspecified atom stereocenters. The molecule has 0 radical (unpaired) electrons. The van der Waals surface area contributed by atoms with Crippen molar-refractivity contribution in [2.75, 3.05) is 25.0 Å². The minimum Gasteiger partial charge on any atom is -0.493 e. The minimum atomic E-state index is -4.19. The fourth-order valence-corrected chi connectivity index (χ4v) is 5.03. The van der Waals surface area contributed by atoms with Crippen LogP contribution in [0.4, 0.5) is 5.82 Å². The van der Waals surface area contributed by atoms with Crippen LogP contribution in [-0.2, 0) is 15.4 Å². The topological polar surface area (TPSA) is 189 Å². The SMILES string of the molecule is COc1ccccc1Oc1c(NS(=O)(=O)c2ccc(C(C)(C)C)cc2)nc(-c2nn[nH]n2)nc1OCCOc1ncc(Br)cn1. The summed E-state index contributed by atoms with van der Waals surface area (Å²) in [5.41, 5.74) is 0.798. The second-order valence-electron chi connectivity index (χ2n) is 10.3. The van der Waals surface area contributed by atoms with Gasteiger partial charge in [0.15, 0.2) is 17.3 Å². The van der Waals surface area contributed by atoms with Gasteiger partial charge in [0.05, 0.1) is 16.5 Å². The first-order chi connectivity index (χ1) is 21.5. The molecule has 0 aliphatic rings. The second-order valence-corrected chi connectivity index (χ2v) is 12.9. The summed E-state index contributed by atoms with van der Waals surface area (Å²) in [4.78, 5) is 16.9. The fourth-order valence-electron chi connectivity index (χ4n) is 3.83. The molecule has 0 aliphatic carbocycles. The number of halogens is 1. The van der Waals surface area contributed by atoms with Crippen LogP contribution in [0.5, 0.6) is 29.1 Å². The molecule has 3 heterocycles. The number of nitrogens with one attached hydrogen (secondary N) is 2. The fraction of sp³-hybridized carbons (Fsp3) is 0.250. The summed E-state index contributed by atoms with van der Waals surface area (Å²) in [6, 6.07) is 13.5. The van der Waals surface area contributed by atoms with Crippen molar-refractivity contribution in [2.24, 2.45) is 0 Å². The molecule has 45 heavy (non-hydrogen) atoms. The number of hydrogen-bond donors (Lipinski definition) is 2. The number of ether oxygens (including phenoxy) is 4. The van der Waals surface area contributed by atoms with Gasteiger partial charge in [-0.2, -0.15) is 10.2 Å². The number of rotatable bonds is 12. The maximum atomic E-state index is 13.7. The largest absolute Gasteiger partial charge is 0.493 e. The number of hydrogen-bond acceptors (Lipinski definition) is 13. The zero-order valence-corrected chi connectivity index (χ0v) is 27.0. The Bertz CT molecular complexity index is 1850. The van der Waals surface area contributed by atoms with Crippen molar-refractivity contribution in [1.29, 1.82) is 0 Å². The van der Waals surface area contributed by atoms with Crippen molar-refractivity contribution in [3.05, 3.63) is 71.0 Å². The third kappa shape index (κ3) is 7.79. The average Bonchev–Trinajstić information content (AvgIpc) is 3.56. The first kappa shape index (κ1) is 31.5. The monoisotopic (exact) mass is 697 g/mol. The molecule has 0 bridgehead atoms. The highest BCUT2D eigenvalue weighted by atomic mass is 79.9. The van der Waals surface area contributed by atoms with Crippen LogP contribution in [0.25, 0.3) is 11.6 Å². The van der Waals surface area contributed by atoms with E-state index >= 15 is 0 Å². The normalized spacial score (nSPS) is 11.6. The predicted molar refractivity (Wildman–Crippen MR) is 165 cm³/mol. The van der Waals surface area contributed by atoms with Crippen molar-refractivity contribution in [1.82, 2.24) is 40.6 Å². The van der Waals surface area contributed by atoms with Gasteiger partial charge in [0.1, 0.15) is 13.2 Å². The van der Waals surface area contributed by atoms with E-state index in [9.17, 15) is 8.42 Å². The van der Waals surface area contributed by atoms with Crippen molar-refractivity contribution in [3.8, 4) is 40.8 Å². The highest BCUT2D eigenvalue weighted by molar-refractivity contribution is 9.10. The number of benzene rings is 2. The molecule has 0 spiro atoms. The van der Waals surface area contributed by atoms with E-state index in [-0.39, 0.29) is 64.4 Å². The molecule has 0 amide bonds. The van der Waals surface area contributed by atoms with E-state index in [0.29, 0.717) is 10.2 Å². The van der Waals surface area contributed by atoms with Gasteiger partial charge in [-0.3, -0.25) is 4.72 Å². The zero-order valence-electron chi connectivity index (χ0n) is 24.6. The lowest BCUT2D eigenvalue weighted by Gasteiger charge is -2.20. The number of para-hydroxylation sites is 2. The number of aromatic amines is 1. The summed E-state index contributed by atoms with van der Waals surface area (Å²) in [5.74, 6) is -0.0356. The summed E-state index contributed by atoms with van der Waals surface area (Å²) >= 11 is 3.27. The Morgan fingerprint density at radius 1 is 0.911 bits per heavy atom. The Kier molecular flexibility index (Phi) is 9.38. The minimum absolute atomic E-state index is 0.00355. The standard InChI is InChI=1S/C28H28BrN9O6S/c1-28(2,3)17-9-11-19(12-10-17)45(39,40)36-23-22(44-21-8-6-5-7-20(21)41-4)26(33-24(32-23)25-34-37-38-35-25)42-13-14-43-27-30-15-18(29)16-31-27/h5-12,15-16H,13-14H2,1-4H3,(H,32,33,36)(H,34,35,37,38). The van der Waals surface area contributed by atoms with Gasteiger partial charge in [-0.05, 0) is 56.4 Å². The van der Waals surface area contributed by atoms with Gasteiger partial charge >= 0.3 is 6.01 Å². The van der Waals surface area contributed by atoms with E-state index < -0.39 is 10.0 Å². The number of H-pyrrole nitrogens is 1. The first-order valence-electron chi connectivity index (χ1n) is 13.4. The zero-order chi connectivity index (χ0) is 32.0. The lowest BCUT2D eigenvalue weighted by Crippen LogP contribution is -2.18. The number of nitrogens with zero attached hydrogens (tertiary/aromatic N) is 7. The lowest BCUT2D eigenvalue weighted by atomic mass is 9.87.